The Hall–Kier alpha value is -1.09. The summed E-state index contributed by atoms with van der Waals surface area (Å²) >= 11 is 3.49. The summed E-state index contributed by atoms with van der Waals surface area (Å²) in [7, 11) is 1.65. The van der Waals surface area contributed by atoms with Crippen LogP contribution in [-0.4, -0.2) is 12.9 Å². The van der Waals surface area contributed by atoms with Crippen molar-refractivity contribution in [2.45, 2.75) is 19.8 Å². The van der Waals surface area contributed by atoms with E-state index in [4.69, 9.17) is 4.74 Å². The molecule has 0 radical (unpaired) electrons. The van der Waals surface area contributed by atoms with Crippen molar-refractivity contribution in [2.75, 3.05) is 7.11 Å². The summed E-state index contributed by atoms with van der Waals surface area (Å²) in [6, 6.07) is 7.78. The molecule has 0 fully saturated rings. The first-order valence-corrected chi connectivity index (χ1v) is 5.92. The Morgan fingerprint density at radius 3 is 2.50 bits per heavy atom. The van der Waals surface area contributed by atoms with Crippen LogP contribution in [0.4, 0.5) is 0 Å². The number of halogens is 1. The average molecular weight is 283 g/mol. The van der Waals surface area contributed by atoms with Crippen molar-refractivity contribution in [3.05, 3.63) is 35.9 Å². The van der Waals surface area contributed by atoms with Gasteiger partial charge < -0.3 is 9.53 Å². The van der Waals surface area contributed by atoms with Crippen LogP contribution in [0.3, 0.4) is 0 Å². The molecule has 0 aromatic heterocycles. The minimum atomic E-state index is 0.214. The predicted molar refractivity (Wildman–Crippen MR) is 69.8 cm³/mol. The van der Waals surface area contributed by atoms with Gasteiger partial charge in [-0.2, -0.15) is 0 Å². The van der Waals surface area contributed by atoms with E-state index in [9.17, 15) is 4.79 Å². The third-order valence-electron chi connectivity index (χ3n) is 2.19. The second-order valence-corrected chi connectivity index (χ2v) is 4.38. The number of methoxy groups -OCH3 is 1. The van der Waals surface area contributed by atoms with E-state index in [-0.39, 0.29) is 5.78 Å². The lowest BCUT2D eigenvalue weighted by molar-refractivity contribution is -0.116. The van der Waals surface area contributed by atoms with Crippen LogP contribution in [0.15, 0.2) is 30.3 Å². The van der Waals surface area contributed by atoms with E-state index in [1.54, 1.807) is 14.0 Å². The molecule has 0 saturated carbocycles. The Kier molecular flexibility index (Phi) is 5.26. The number of carbonyl (C=O) groups excluding carboxylic acids is 1. The van der Waals surface area contributed by atoms with Crippen molar-refractivity contribution in [3.63, 3.8) is 0 Å². The molecule has 0 aliphatic heterocycles. The van der Waals surface area contributed by atoms with Gasteiger partial charge in [-0.05, 0) is 31.0 Å². The topological polar surface area (TPSA) is 26.3 Å². The first-order chi connectivity index (χ1) is 7.63. The van der Waals surface area contributed by atoms with Gasteiger partial charge >= 0.3 is 0 Å². The molecule has 0 bridgehead atoms. The highest BCUT2D eigenvalue weighted by molar-refractivity contribution is 9.15. The van der Waals surface area contributed by atoms with E-state index in [0.29, 0.717) is 6.42 Å². The second-order valence-electron chi connectivity index (χ2n) is 3.52. The lowest BCUT2D eigenvalue weighted by atomic mass is 10.1. The molecule has 16 heavy (non-hydrogen) atoms. The van der Waals surface area contributed by atoms with E-state index in [0.717, 1.165) is 22.2 Å². The summed E-state index contributed by atoms with van der Waals surface area (Å²) in [6.45, 7) is 1.61. The molecule has 86 valence electrons. The highest BCUT2D eigenvalue weighted by atomic mass is 79.9. The summed E-state index contributed by atoms with van der Waals surface area (Å²) in [5, 5.41) is 0. The number of ether oxygens (including phenoxy) is 1. The Balaban J connectivity index is 2.64. The smallest absolute Gasteiger partial charge is 0.130 e. The summed E-state index contributed by atoms with van der Waals surface area (Å²) in [5.74, 6) is 1.05. The molecule has 0 heterocycles. The van der Waals surface area contributed by atoms with Crippen molar-refractivity contribution in [2.24, 2.45) is 0 Å². The van der Waals surface area contributed by atoms with Crippen molar-refractivity contribution in [1.82, 2.24) is 0 Å². The average Bonchev–Trinajstić information content (AvgIpc) is 2.28. The molecule has 2 nitrogen and oxygen atoms in total. The fraction of sp³-hybridized carbons (Fsp3) is 0.308. The van der Waals surface area contributed by atoms with E-state index in [2.05, 4.69) is 15.9 Å². The summed E-state index contributed by atoms with van der Waals surface area (Å²) in [4.78, 5) is 10.8. The van der Waals surface area contributed by atoms with Gasteiger partial charge in [0, 0.05) is 10.9 Å². The van der Waals surface area contributed by atoms with Crippen LogP contribution >= 0.6 is 15.9 Å². The molecule has 0 spiro atoms. The third-order valence-corrected chi connectivity index (χ3v) is 2.97. The normalized spacial score (nSPS) is 11.3. The molecular weight excluding hydrogens is 268 g/mol. The molecule has 0 aliphatic carbocycles. The molecule has 3 heteroatoms. The van der Waals surface area contributed by atoms with Crippen LogP contribution in [-0.2, 0) is 4.79 Å². The van der Waals surface area contributed by atoms with Gasteiger partial charge in [-0.1, -0.05) is 34.1 Å². The molecule has 0 unspecified atom stereocenters. The number of hydrogen-bond acceptors (Lipinski definition) is 2. The quantitative estimate of drug-likeness (QED) is 0.821. The minimum Gasteiger partial charge on any atom is -0.497 e. The zero-order chi connectivity index (χ0) is 12.0. The SMILES string of the molecule is COc1ccc(/C(Br)=C/CCC(C)=O)cc1. The number of benzene rings is 1. The van der Waals surface area contributed by atoms with Gasteiger partial charge in [-0.25, -0.2) is 0 Å². The van der Waals surface area contributed by atoms with Gasteiger partial charge in [0.25, 0.3) is 0 Å². The zero-order valence-corrected chi connectivity index (χ0v) is 11.1. The number of carbonyl (C=O) groups is 1. The fourth-order valence-electron chi connectivity index (χ4n) is 1.27. The first kappa shape index (κ1) is 13.0. The van der Waals surface area contributed by atoms with E-state index < -0.39 is 0 Å². The van der Waals surface area contributed by atoms with Gasteiger partial charge in [0.15, 0.2) is 0 Å². The molecule has 0 N–H and O–H groups in total. The fourth-order valence-corrected chi connectivity index (χ4v) is 1.76. The number of allylic oxidation sites excluding steroid dienone is 1. The number of rotatable bonds is 5. The van der Waals surface area contributed by atoms with Crippen molar-refractivity contribution in [3.8, 4) is 5.75 Å². The van der Waals surface area contributed by atoms with E-state index in [1.165, 1.54) is 0 Å². The predicted octanol–water partition coefficient (Wildman–Crippen LogP) is 3.80. The Labute approximate surface area is 104 Å². The maximum atomic E-state index is 10.8. The molecule has 0 saturated heterocycles. The molecule has 0 aliphatic rings. The van der Waals surface area contributed by atoms with E-state index in [1.807, 2.05) is 30.3 Å². The van der Waals surface area contributed by atoms with Gasteiger partial charge in [-0.3, -0.25) is 0 Å². The van der Waals surface area contributed by atoms with Crippen LogP contribution < -0.4 is 4.74 Å². The maximum absolute atomic E-state index is 10.8. The minimum absolute atomic E-state index is 0.214. The van der Waals surface area contributed by atoms with Crippen molar-refractivity contribution in [1.29, 1.82) is 0 Å². The summed E-state index contributed by atoms with van der Waals surface area (Å²) in [6.07, 6.45) is 3.37. The Bertz CT molecular complexity index is 379. The summed E-state index contributed by atoms with van der Waals surface area (Å²) in [5.41, 5.74) is 1.09. The van der Waals surface area contributed by atoms with Crippen LogP contribution in [0.1, 0.15) is 25.3 Å². The first-order valence-electron chi connectivity index (χ1n) is 5.13. The highest BCUT2D eigenvalue weighted by Gasteiger charge is 1.98. The molecule has 0 amide bonds. The zero-order valence-electron chi connectivity index (χ0n) is 9.50. The number of hydrogen-bond donors (Lipinski definition) is 0. The lowest BCUT2D eigenvalue weighted by Gasteiger charge is -2.02. The lowest BCUT2D eigenvalue weighted by Crippen LogP contribution is -1.87. The highest BCUT2D eigenvalue weighted by Crippen LogP contribution is 2.24. The van der Waals surface area contributed by atoms with Crippen LogP contribution in [0, 0.1) is 0 Å². The third kappa shape index (κ3) is 4.19. The number of ketones is 1. The largest absolute Gasteiger partial charge is 0.497 e. The van der Waals surface area contributed by atoms with Gasteiger partial charge in [-0.15, -0.1) is 0 Å². The second kappa shape index (κ2) is 6.48. The molecular formula is C13H15BrO2. The molecule has 1 aromatic rings. The molecule has 1 aromatic carbocycles. The van der Waals surface area contributed by atoms with Crippen LogP contribution in [0.2, 0.25) is 0 Å². The molecule has 0 atom stereocenters. The monoisotopic (exact) mass is 282 g/mol. The molecule has 1 rings (SSSR count). The standard InChI is InChI=1S/C13H15BrO2/c1-10(15)4-3-5-13(14)11-6-8-12(16-2)9-7-11/h5-9H,3-4H2,1-2H3/b13-5-. The summed E-state index contributed by atoms with van der Waals surface area (Å²) < 4.78 is 6.09. The van der Waals surface area contributed by atoms with Crippen LogP contribution in [0.5, 0.6) is 5.75 Å². The van der Waals surface area contributed by atoms with Crippen molar-refractivity contribution >= 4 is 26.2 Å². The van der Waals surface area contributed by atoms with Gasteiger partial charge in [0.1, 0.15) is 11.5 Å². The number of Topliss-reactive ketones (excluding diaryl/α,β-unsaturated/α-hetero) is 1. The Morgan fingerprint density at radius 2 is 2.00 bits per heavy atom. The van der Waals surface area contributed by atoms with Gasteiger partial charge in [0.05, 0.1) is 7.11 Å². The van der Waals surface area contributed by atoms with Gasteiger partial charge in [0.2, 0.25) is 0 Å². The van der Waals surface area contributed by atoms with Crippen LogP contribution in [0.25, 0.3) is 4.48 Å². The maximum Gasteiger partial charge on any atom is 0.130 e. The Morgan fingerprint density at radius 1 is 1.38 bits per heavy atom. The van der Waals surface area contributed by atoms with E-state index >= 15 is 0 Å². The van der Waals surface area contributed by atoms with Crippen molar-refractivity contribution < 1.29 is 9.53 Å².